The molecule has 1 aliphatic heterocycles. The fourth-order valence-electron chi connectivity index (χ4n) is 3.86. The van der Waals surface area contributed by atoms with Gasteiger partial charge in [-0.2, -0.15) is 4.98 Å². The van der Waals surface area contributed by atoms with Crippen LogP contribution in [-0.4, -0.2) is 46.3 Å². The van der Waals surface area contributed by atoms with Crippen molar-refractivity contribution < 1.29 is 9.32 Å². The minimum Gasteiger partial charge on any atom is -0.356 e. The van der Waals surface area contributed by atoms with Crippen molar-refractivity contribution in [1.82, 2.24) is 20.4 Å². The van der Waals surface area contributed by atoms with E-state index < -0.39 is 0 Å². The number of carbonyl (C=O) groups is 1. The van der Waals surface area contributed by atoms with Gasteiger partial charge < -0.3 is 9.84 Å². The Kier molecular flexibility index (Phi) is 8.58. The van der Waals surface area contributed by atoms with Gasteiger partial charge in [0.25, 0.3) is 0 Å². The highest BCUT2D eigenvalue weighted by Crippen LogP contribution is 2.23. The van der Waals surface area contributed by atoms with Crippen molar-refractivity contribution in [3.8, 4) is 11.4 Å². The van der Waals surface area contributed by atoms with Gasteiger partial charge in [-0.3, -0.25) is 9.69 Å². The van der Waals surface area contributed by atoms with Crippen LogP contribution in [0.2, 0.25) is 0 Å². The molecule has 0 spiro atoms. The number of benzene rings is 2. The van der Waals surface area contributed by atoms with E-state index in [4.69, 9.17) is 4.52 Å². The van der Waals surface area contributed by atoms with Crippen LogP contribution in [0.25, 0.3) is 11.4 Å². The van der Waals surface area contributed by atoms with Crippen LogP contribution in [0, 0.1) is 12.8 Å². The molecular formula is C25H29BrN4O2S. The number of halogens is 1. The van der Waals surface area contributed by atoms with Crippen molar-refractivity contribution in [2.45, 2.75) is 37.6 Å². The van der Waals surface area contributed by atoms with Crippen molar-refractivity contribution >= 4 is 33.6 Å². The van der Waals surface area contributed by atoms with Crippen LogP contribution in [0.1, 0.15) is 30.7 Å². The normalized spacial score (nSPS) is 15.0. The largest absolute Gasteiger partial charge is 0.356 e. The maximum absolute atomic E-state index is 12.5. The Balaban J connectivity index is 1.14. The lowest BCUT2D eigenvalue weighted by Gasteiger charge is -2.30. The summed E-state index contributed by atoms with van der Waals surface area (Å²) >= 11 is 5.31. The molecule has 2 aromatic carbocycles. The first kappa shape index (κ1) is 24.0. The van der Waals surface area contributed by atoms with Crippen LogP contribution in [0.3, 0.4) is 0 Å². The quantitative estimate of drug-likeness (QED) is 0.299. The number of nitrogens with zero attached hydrogens (tertiary/aromatic N) is 3. The Morgan fingerprint density at radius 1 is 1.21 bits per heavy atom. The molecule has 6 nitrogen and oxygen atoms in total. The van der Waals surface area contributed by atoms with Gasteiger partial charge in [0.05, 0.1) is 6.54 Å². The molecule has 33 heavy (non-hydrogen) atoms. The zero-order chi connectivity index (χ0) is 23.0. The molecular weight excluding hydrogens is 500 g/mol. The molecule has 0 atom stereocenters. The second-order valence-electron chi connectivity index (χ2n) is 8.38. The zero-order valence-electron chi connectivity index (χ0n) is 18.8. The summed E-state index contributed by atoms with van der Waals surface area (Å²) in [7, 11) is 0. The van der Waals surface area contributed by atoms with Gasteiger partial charge in [0.15, 0.2) is 0 Å². The van der Waals surface area contributed by atoms with Crippen LogP contribution in [0.4, 0.5) is 0 Å². The first-order valence-corrected chi connectivity index (χ1v) is 13.1. The van der Waals surface area contributed by atoms with E-state index in [1.807, 2.05) is 36.0 Å². The van der Waals surface area contributed by atoms with Crippen molar-refractivity contribution in [2.24, 2.45) is 5.92 Å². The van der Waals surface area contributed by atoms with E-state index in [1.54, 1.807) is 0 Å². The smallest absolute Gasteiger partial charge is 0.241 e. The first-order valence-electron chi connectivity index (χ1n) is 11.3. The van der Waals surface area contributed by atoms with E-state index in [0.717, 1.165) is 54.7 Å². The molecule has 0 saturated carbocycles. The van der Waals surface area contributed by atoms with Gasteiger partial charge in [-0.1, -0.05) is 50.9 Å². The molecule has 0 bridgehead atoms. The predicted octanol–water partition coefficient (Wildman–Crippen LogP) is 5.32. The van der Waals surface area contributed by atoms with Gasteiger partial charge in [-0.25, -0.2) is 0 Å². The second-order valence-corrected chi connectivity index (χ2v) is 10.5. The van der Waals surface area contributed by atoms with E-state index in [2.05, 4.69) is 67.5 Å². The fourth-order valence-corrected chi connectivity index (χ4v) is 5.11. The van der Waals surface area contributed by atoms with Gasteiger partial charge in [0, 0.05) is 27.4 Å². The molecule has 0 unspecified atom stereocenters. The van der Waals surface area contributed by atoms with Crippen LogP contribution >= 0.6 is 27.7 Å². The minimum absolute atomic E-state index is 0.0888. The highest BCUT2D eigenvalue weighted by Gasteiger charge is 2.25. The third-order valence-electron chi connectivity index (χ3n) is 5.78. The summed E-state index contributed by atoms with van der Waals surface area (Å²) in [5.74, 6) is 2.49. The molecule has 3 aromatic rings. The standard InChI is InChI=1S/C25H29BrN4O2S/c1-18-6-8-22(9-7-18)33-15-3-12-27-25(31)19-10-13-30(14-11-19)17-23-28-24(29-32-23)20-4-2-5-21(26)16-20/h2,4-9,16,19H,3,10-15,17H2,1H3,(H,27,31). The lowest BCUT2D eigenvalue weighted by atomic mass is 9.96. The number of thioether (sulfide) groups is 1. The van der Waals surface area contributed by atoms with Gasteiger partial charge in [0.2, 0.25) is 17.6 Å². The van der Waals surface area contributed by atoms with Gasteiger partial charge in [0.1, 0.15) is 0 Å². The molecule has 2 heterocycles. The van der Waals surface area contributed by atoms with Gasteiger partial charge in [-0.05, 0) is 69.3 Å². The van der Waals surface area contributed by atoms with Crippen molar-refractivity contribution in [1.29, 1.82) is 0 Å². The number of aryl methyl sites for hydroxylation is 1. The third-order valence-corrected chi connectivity index (χ3v) is 7.37. The summed E-state index contributed by atoms with van der Waals surface area (Å²) in [4.78, 5) is 20.6. The number of aromatic nitrogens is 2. The number of amides is 1. The van der Waals surface area contributed by atoms with Crippen LogP contribution in [0.15, 0.2) is 62.4 Å². The fraction of sp³-hybridized carbons (Fsp3) is 0.400. The minimum atomic E-state index is 0.0888. The average Bonchev–Trinajstić information content (AvgIpc) is 3.29. The van der Waals surface area contributed by atoms with Crippen LogP contribution in [-0.2, 0) is 11.3 Å². The number of carbonyl (C=O) groups excluding carboxylic acids is 1. The summed E-state index contributed by atoms with van der Waals surface area (Å²) in [5, 5.41) is 7.23. The molecule has 0 aliphatic carbocycles. The molecule has 1 saturated heterocycles. The average molecular weight is 530 g/mol. The number of nitrogens with one attached hydrogen (secondary N) is 1. The van der Waals surface area contributed by atoms with Crippen molar-refractivity contribution in [2.75, 3.05) is 25.4 Å². The van der Waals surface area contributed by atoms with Crippen LogP contribution in [0.5, 0.6) is 0 Å². The summed E-state index contributed by atoms with van der Waals surface area (Å²) in [6.45, 7) is 5.16. The summed E-state index contributed by atoms with van der Waals surface area (Å²) < 4.78 is 6.43. The first-order chi connectivity index (χ1) is 16.1. The Morgan fingerprint density at radius 2 is 2.00 bits per heavy atom. The lowest BCUT2D eigenvalue weighted by Crippen LogP contribution is -2.40. The van der Waals surface area contributed by atoms with E-state index in [0.29, 0.717) is 18.3 Å². The Morgan fingerprint density at radius 3 is 2.76 bits per heavy atom. The number of piperidine rings is 1. The monoisotopic (exact) mass is 528 g/mol. The molecule has 1 aromatic heterocycles. The molecule has 0 radical (unpaired) electrons. The number of hydrogen-bond acceptors (Lipinski definition) is 6. The van der Waals surface area contributed by atoms with E-state index in [1.165, 1.54) is 10.5 Å². The number of rotatable bonds is 9. The van der Waals surface area contributed by atoms with E-state index in [9.17, 15) is 4.79 Å². The van der Waals surface area contributed by atoms with E-state index >= 15 is 0 Å². The maximum atomic E-state index is 12.5. The molecule has 1 aliphatic rings. The number of hydrogen-bond donors (Lipinski definition) is 1. The molecule has 174 valence electrons. The van der Waals surface area contributed by atoms with Crippen molar-refractivity contribution in [3.05, 3.63) is 64.5 Å². The molecule has 4 rings (SSSR count). The summed E-state index contributed by atoms with van der Waals surface area (Å²) in [6.07, 6.45) is 2.69. The topological polar surface area (TPSA) is 71.3 Å². The summed E-state index contributed by atoms with van der Waals surface area (Å²) in [6, 6.07) is 16.4. The Labute approximate surface area is 207 Å². The molecule has 1 amide bonds. The number of likely N-dealkylation sites (tertiary alicyclic amines) is 1. The molecule has 1 fully saturated rings. The molecule has 1 N–H and O–H groups in total. The molecule has 8 heteroatoms. The predicted molar refractivity (Wildman–Crippen MR) is 135 cm³/mol. The van der Waals surface area contributed by atoms with Gasteiger partial charge >= 0.3 is 0 Å². The summed E-state index contributed by atoms with van der Waals surface area (Å²) in [5.41, 5.74) is 2.20. The van der Waals surface area contributed by atoms with Crippen LogP contribution < -0.4 is 5.32 Å². The Hall–Kier alpha value is -2.16. The van der Waals surface area contributed by atoms with E-state index in [-0.39, 0.29) is 11.8 Å². The Bertz CT molecular complexity index is 1050. The highest BCUT2D eigenvalue weighted by atomic mass is 79.9. The lowest BCUT2D eigenvalue weighted by molar-refractivity contribution is -0.126. The zero-order valence-corrected chi connectivity index (χ0v) is 21.2. The SMILES string of the molecule is Cc1ccc(SCCCNC(=O)C2CCN(Cc3nc(-c4cccc(Br)c4)no3)CC2)cc1. The second kappa shape index (κ2) is 11.8. The third kappa shape index (κ3) is 7.16. The van der Waals surface area contributed by atoms with Crippen molar-refractivity contribution in [3.63, 3.8) is 0 Å². The van der Waals surface area contributed by atoms with Gasteiger partial charge in [-0.15, -0.1) is 11.8 Å². The maximum Gasteiger partial charge on any atom is 0.241 e. The highest BCUT2D eigenvalue weighted by molar-refractivity contribution is 9.10.